The molecule has 0 aliphatic rings. The summed E-state index contributed by atoms with van der Waals surface area (Å²) < 4.78 is 31.2. The van der Waals surface area contributed by atoms with Crippen molar-refractivity contribution in [1.29, 1.82) is 0 Å². The zero-order valence-corrected chi connectivity index (χ0v) is 9.44. The van der Waals surface area contributed by atoms with Crippen LogP contribution in [0.15, 0.2) is 0 Å². The predicted octanol–water partition coefficient (Wildman–Crippen LogP) is 1.30. The molecule has 0 saturated heterocycles. The van der Waals surface area contributed by atoms with Crippen LogP contribution in [0.2, 0.25) is 0 Å². The number of aliphatic hydroxyl groups excluding tert-OH is 1. The molecule has 0 spiro atoms. The lowest BCUT2D eigenvalue weighted by molar-refractivity contribution is -0.0540. The molecule has 0 radical (unpaired) electrons. The van der Waals surface area contributed by atoms with E-state index in [1.165, 1.54) is 7.11 Å². The van der Waals surface area contributed by atoms with Gasteiger partial charge in [0.15, 0.2) is 5.13 Å². The molecule has 0 aliphatic carbocycles. The van der Waals surface area contributed by atoms with Crippen molar-refractivity contribution in [1.82, 2.24) is 4.98 Å². The van der Waals surface area contributed by atoms with E-state index in [0.717, 1.165) is 11.3 Å². The minimum Gasteiger partial charge on any atom is -0.480 e. The highest BCUT2D eigenvalue weighted by Crippen LogP contribution is 2.41. The Bertz CT molecular complexity index is 341. The molecular formula is C8H12F2N2O2S. The van der Waals surface area contributed by atoms with Gasteiger partial charge in [0.1, 0.15) is 11.5 Å². The molecule has 0 unspecified atom stereocenters. The van der Waals surface area contributed by atoms with Crippen LogP contribution in [-0.2, 0) is 5.92 Å². The van der Waals surface area contributed by atoms with Crippen molar-refractivity contribution in [3.63, 3.8) is 0 Å². The lowest BCUT2D eigenvalue weighted by Gasteiger charge is -2.11. The van der Waals surface area contributed by atoms with Crippen molar-refractivity contribution in [2.24, 2.45) is 0 Å². The lowest BCUT2D eigenvalue weighted by Crippen LogP contribution is -2.17. The maximum Gasteiger partial charge on any atom is 0.310 e. The minimum atomic E-state index is -3.31. The zero-order valence-electron chi connectivity index (χ0n) is 8.62. The van der Waals surface area contributed by atoms with Crippen LogP contribution in [0.25, 0.3) is 0 Å². The van der Waals surface area contributed by atoms with Gasteiger partial charge in [-0.3, -0.25) is 0 Å². The number of halogens is 2. The van der Waals surface area contributed by atoms with Gasteiger partial charge >= 0.3 is 5.92 Å². The molecule has 7 heteroatoms. The van der Waals surface area contributed by atoms with Crippen molar-refractivity contribution < 1.29 is 18.6 Å². The number of thiazole rings is 1. The van der Waals surface area contributed by atoms with E-state index in [4.69, 9.17) is 9.84 Å². The number of aliphatic hydroxyl groups is 1. The van der Waals surface area contributed by atoms with Crippen molar-refractivity contribution in [2.45, 2.75) is 5.92 Å². The molecule has 1 heterocycles. The number of methoxy groups -OCH3 is 1. The van der Waals surface area contributed by atoms with Gasteiger partial charge in [-0.15, -0.1) is 0 Å². The van der Waals surface area contributed by atoms with Gasteiger partial charge in [-0.1, -0.05) is 11.3 Å². The van der Waals surface area contributed by atoms with Crippen LogP contribution < -0.4 is 9.64 Å². The number of aromatic nitrogens is 1. The molecule has 0 saturated carbocycles. The van der Waals surface area contributed by atoms with Crippen LogP contribution in [0.3, 0.4) is 0 Å². The molecule has 0 aliphatic heterocycles. The van der Waals surface area contributed by atoms with Crippen LogP contribution >= 0.6 is 11.3 Å². The topological polar surface area (TPSA) is 45.6 Å². The van der Waals surface area contributed by atoms with Crippen LogP contribution in [0.1, 0.15) is 4.88 Å². The average molecular weight is 238 g/mol. The number of nitrogens with zero attached hydrogens (tertiary/aromatic N) is 2. The first-order chi connectivity index (χ1) is 6.92. The van der Waals surface area contributed by atoms with E-state index < -0.39 is 12.5 Å². The second-order valence-electron chi connectivity index (χ2n) is 3.09. The second-order valence-corrected chi connectivity index (χ2v) is 4.07. The van der Waals surface area contributed by atoms with Gasteiger partial charge in [0.25, 0.3) is 0 Å². The van der Waals surface area contributed by atoms with Crippen LogP contribution in [0, 0.1) is 0 Å². The largest absolute Gasteiger partial charge is 0.480 e. The molecule has 0 fully saturated rings. The van der Waals surface area contributed by atoms with E-state index in [1.807, 2.05) is 0 Å². The Morgan fingerprint density at radius 2 is 2.13 bits per heavy atom. The first kappa shape index (κ1) is 12.1. The molecule has 1 rings (SSSR count). The molecule has 0 atom stereocenters. The number of alkyl halides is 2. The highest BCUT2D eigenvalue weighted by molar-refractivity contribution is 7.16. The average Bonchev–Trinajstić information content (AvgIpc) is 2.62. The predicted molar refractivity (Wildman–Crippen MR) is 54.0 cm³/mol. The highest BCUT2D eigenvalue weighted by Gasteiger charge is 2.37. The van der Waals surface area contributed by atoms with Gasteiger partial charge in [0.05, 0.1) is 7.11 Å². The minimum absolute atomic E-state index is 0.136. The smallest absolute Gasteiger partial charge is 0.310 e. The maximum atomic E-state index is 13.2. The fourth-order valence-electron chi connectivity index (χ4n) is 0.928. The Hall–Kier alpha value is -0.950. The molecule has 0 amide bonds. The summed E-state index contributed by atoms with van der Waals surface area (Å²) in [5.41, 5.74) is 0. The normalized spacial score (nSPS) is 11.6. The molecule has 1 N–H and O–H groups in total. The first-order valence-corrected chi connectivity index (χ1v) is 4.95. The third kappa shape index (κ3) is 2.35. The van der Waals surface area contributed by atoms with E-state index in [2.05, 4.69) is 4.98 Å². The van der Waals surface area contributed by atoms with Gasteiger partial charge in [-0.05, 0) is 0 Å². The summed E-state index contributed by atoms with van der Waals surface area (Å²) in [7, 11) is 4.66. The summed E-state index contributed by atoms with van der Waals surface area (Å²) in [4.78, 5) is 5.12. The van der Waals surface area contributed by atoms with Gasteiger partial charge in [-0.25, -0.2) is 0 Å². The summed E-state index contributed by atoms with van der Waals surface area (Å²) in [5.74, 6) is -3.44. The number of anilines is 1. The fraction of sp³-hybridized carbons (Fsp3) is 0.625. The number of rotatable bonds is 4. The molecule has 15 heavy (non-hydrogen) atoms. The van der Waals surface area contributed by atoms with Gasteiger partial charge in [0.2, 0.25) is 5.88 Å². The molecule has 1 aromatic heterocycles. The number of hydrogen-bond acceptors (Lipinski definition) is 5. The molecule has 1 aromatic rings. The molecule has 86 valence electrons. The number of ether oxygens (including phenoxy) is 1. The SMILES string of the molecule is COc1nc(N(C)C)sc1C(F)(F)CO. The van der Waals surface area contributed by atoms with E-state index >= 15 is 0 Å². The first-order valence-electron chi connectivity index (χ1n) is 4.13. The molecular weight excluding hydrogens is 226 g/mol. The summed E-state index contributed by atoms with van der Waals surface area (Å²) in [5, 5.41) is 8.99. The maximum absolute atomic E-state index is 13.2. The Labute approximate surface area is 90.1 Å². The lowest BCUT2D eigenvalue weighted by atomic mass is 10.3. The third-order valence-electron chi connectivity index (χ3n) is 1.69. The number of hydrogen-bond donors (Lipinski definition) is 1. The van der Waals surface area contributed by atoms with E-state index in [1.54, 1.807) is 19.0 Å². The Morgan fingerprint density at radius 1 is 1.53 bits per heavy atom. The Kier molecular flexibility index (Phi) is 3.46. The third-order valence-corrected chi connectivity index (χ3v) is 3.01. The monoisotopic (exact) mass is 238 g/mol. The van der Waals surface area contributed by atoms with Crippen LogP contribution in [-0.4, -0.2) is 37.9 Å². The van der Waals surface area contributed by atoms with Gasteiger partial charge in [0, 0.05) is 14.1 Å². The van der Waals surface area contributed by atoms with Crippen LogP contribution in [0.5, 0.6) is 5.88 Å². The molecule has 0 bridgehead atoms. The van der Waals surface area contributed by atoms with Crippen molar-refractivity contribution >= 4 is 16.5 Å². The van der Waals surface area contributed by atoms with E-state index in [9.17, 15) is 8.78 Å². The van der Waals surface area contributed by atoms with Gasteiger partial charge in [-0.2, -0.15) is 13.8 Å². The zero-order chi connectivity index (χ0) is 11.6. The quantitative estimate of drug-likeness (QED) is 0.859. The summed E-state index contributed by atoms with van der Waals surface area (Å²) in [6.45, 7) is -1.25. The Balaban J connectivity index is 3.16. The van der Waals surface area contributed by atoms with Crippen molar-refractivity contribution in [3.05, 3.63) is 4.88 Å². The van der Waals surface area contributed by atoms with E-state index in [0.29, 0.717) is 5.13 Å². The Morgan fingerprint density at radius 3 is 2.53 bits per heavy atom. The van der Waals surface area contributed by atoms with Crippen molar-refractivity contribution in [2.75, 3.05) is 32.7 Å². The summed E-state index contributed by atoms with van der Waals surface area (Å²) in [6, 6.07) is 0. The fourth-order valence-corrected chi connectivity index (χ4v) is 1.85. The van der Waals surface area contributed by atoms with Gasteiger partial charge < -0.3 is 14.7 Å². The highest BCUT2D eigenvalue weighted by atomic mass is 32.1. The summed E-state index contributed by atoms with van der Waals surface area (Å²) >= 11 is 0.804. The summed E-state index contributed by atoms with van der Waals surface area (Å²) in [6.07, 6.45) is 0. The molecule has 4 nitrogen and oxygen atoms in total. The van der Waals surface area contributed by atoms with Crippen LogP contribution in [0.4, 0.5) is 13.9 Å². The standard InChI is InChI=1S/C8H12F2N2O2S/c1-12(2)7-11-6(14-3)5(15-7)8(9,10)4-13/h13H,4H2,1-3H3. The van der Waals surface area contributed by atoms with E-state index in [-0.39, 0.29) is 10.8 Å². The second kappa shape index (κ2) is 4.28. The van der Waals surface area contributed by atoms with Crippen molar-refractivity contribution in [3.8, 4) is 5.88 Å². The molecule has 0 aromatic carbocycles.